The lowest BCUT2D eigenvalue weighted by Crippen LogP contribution is -2.08. The SMILES string of the molecule is CCCCOC(=O)c1cc(-c2ccc(Cl)cc2)nc2c(C)cccc12. The fourth-order valence-corrected chi connectivity index (χ4v) is 2.84. The Morgan fingerprint density at radius 1 is 1.16 bits per heavy atom. The zero-order valence-corrected chi connectivity index (χ0v) is 15.1. The molecule has 0 bridgehead atoms. The number of benzene rings is 2. The zero-order chi connectivity index (χ0) is 17.8. The van der Waals surface area contributed by atoms with Crippen LogP contribution in [0.2, 0.25) is 5.02 Å². The molecule has 0 aliphatic carbocycles. The second-order valence-corrected chi connectivity index (χ2v) is 6.46. The van der Waals surface area contributed by atoms with Crippen LogP contribution in [0.15, 0.2) is 48.5 Å². The Kier molecular flexibility index (Phi) is 5.34. The molecule has 0 unspecified atom stereocenters. The first-order valence-corrected chi connectivity index (χ1v) is 8.81. The van der Waals surface area contributed by atoms with E-state index in [-0.39, 0.29) is 5.97 Å². The number of esters is 1. The van der Waals surface area contributed by atoms with E-state index in [0.29, 0.717) is 17.2 Å². The Hall–Kier alpha value is -2.39. The third-order valence-electron chi connectivity index (χ3n) is 4.13. The maximum Gasteiger partial charge on any atom is 0.338 e. The van der Waals surface area contributed by atoms with E-state index in [1.807, 2.05) is 49.4 Å². The van der Waals surface area contributed by atoms with Crippen molar-refractivity contribution < 1.29 is 9.53 Å². The molecule has 3 aromatic rings. The van der Waals surface area contributed by atoms with Crippen LogP contribution in [-0.4, -0.2) is 17.6 Å². The Bertz CT molecular complexity index is 904. The summed E-state index contributed by atoms with van der Waals surface area (Å²) in [4.78, 5) is 17.4. The van der Waals surface area contributed by atoms with Crippen molar-refractivity contribution in [1.82, 2.24) is 4.98 Å². The summed E-state index contributed by atoms with van der Waals surface area (Å²) in [7, 11) is 0. The molecule has 2 aromatic carbocycles. The van der Waals surface area contributed by atoms with Crippen LogP contribution >= 0.6 is 11.6 Å². The number of nitrogens with zero attached hydrogens (tertiary/aromatic N) is 1. The van der Waals surface area contributed by atoms with Crippen molar-refractivity contribution in [2.45, 2.75) is 26.7 Å². The van der Waals surface area contributed by atoms with E-state index in [9.17, 15) is 4.79 Å². The van der Waals surface area contributed by atoms with E-state index in [2.05, 4.69) is 6.92 Å². The first-order valence-electron chi connectivity index (χ1n) is 8.43. The molecule has 0 saturated heterocycles. The second-order valence-electron chi connectivity index (χ2n) is 6.02. The fraction of sp³-hybridized carbons (Fsp3) is 0.238. The Balaban J connectivity index is 2.12. The number of pyridine rings is 1. The fourth-order valence-electron chi connectivity index (χ4n) is 2.72. The van der Waals surface area contributed by atoms with Crippen molar-refractivity contribution in [2.75, 3.05) is 6.61 Å². The highest BCUT2D eigenvalue weighted by Crippen LogP contribution is 2.28. The number of aryl methyl sites for hydroxylation is 1. The van der Waals surface area contributed by atoms with Gasteiger partial charge in [-0.15, -0.1) is 0 Å². The second kappa shape index (κ2) is 7.66. The average molecular weight is 354 g/mol. The van der Waals surface area contributed by atoms with Crippen molar-refractivity contribution in [3.05, 3.63) is 64.7 Å². The minimum absolute atomic E-state index is 0.304. The van der Waals surface area contributed by atoms with E-state index in [1.165, 1.54) is 0 Å². The molecule has 1 aromatic heterocycles. The lowest BCUT2D eigenvalue weighted by molar-refractivity contribution is 0.0502. The summed E-state index contributed by atoms with van der Waals surface area (Å²) in [5.74, 6) is -0.304. The molecule has 0 aliphatic heterocycles. The summed E-state index contributed by atoms with van der Waals surface area (Å²) in [5, 5.41) is 1.49. The summed E-state index contributed by atoms with van der Waals surface area (Å²) in [6.45, 7) is 4.49. The lowest BCUT2D eigenvalue weighted by atomic mass is 10.0. The molecule has 0 atom stereocenters. The van der Waals surface area contributed by atoms with E-state index >= 15 is 0 Å². The van der Waals surface area contributed by atoms with Gasteiger partial charge in [0.2, 0.25) is 0 Å². The van der Waals surface area contributed by atoms with Gasteiger partial charge in [0.05, 0.1) is 23.4 Å². The van der Waals surface area contributed by atoms with E-state index < -0.39 is 0 Å². The van der Waals surface area contributed by atoms with Crippen LogP contribution in [0.25, 0.3) is 22.2 Å². The van der Waals surface area contributed by atoms with Crippen molar-refractivity contribution in [1.29, 1.82) is 0 Å². The molecule has 25 heavy (non-hydrogen) atoms. The van der Waals surface area contributed by atoms with Gasteiger partial charge >= 0.3 is 5.97 Å². The molecule has 0 spiro atoms. The van der Waals surface area contributed by atoms with Gasteiger partial charge < -0.3 is 4.74 Å². The van der Waals surface area contributed by atoms with Crippen LogP contribution in [0.5, 0.6) is 0 Å². The number of carbonyl (C=O) groups excluding carboxylic acids is 1. The van der Waals surface area contributed by atoms with Crippen LogP contribution in [0.4, 0.5) is 0 Å². The predicted octanol–water partition coefficient (Wildman–Crippen LogP) is 5.82. The van der Waals surface area contributed by atoms with Gasteiger partial charge in [-0.2, -0.15) is 0 Å². The molecule has 0 amide bonds. The highest BCUT2D eigenvalue weighted by atomic mass is 35.5. The lowest BCUT2D eigenvalue weighted by Gasteiger charge is -2.11. The van der Waals surface area contributed by atoms with Crippen LogP contribution in [-0.2, 0) is 4.74 Å². The molecule has 4 heteroatoms. The first-order chi connectivity index (χ1) is 12.1. The standard InChI is InChI=1S/C21H20ClNO2/c1-3-4-12-25-21(24)18-13-19(15-8-10-16(22)11-9-15)23-20-14(2)6-5-7-17(18)20/h5-11,13H,3-4,12H2,1-2H3. The monoisotopic (exact) mass is 353 g/mol. The smallest absolute Gasteiger partial charge is 0.338 e. The summed E-state index contributed by atoms with van der Waals surface area (Å²) in [5.41, 5.74) is 4.04. The molecule has 0 aliphatic rings. The summed E-state index contributed by atoms with van der Waals surface area (Å²) < 4.78 is 5.44. The minimum atomic E-state index is -0.304. The van der Waals surface area contributed by atoms with Crippen molar-refractivity contribution in [3.8, 4) is 11.3 Å². The van der Waals surface area contributed by atoms with E-state index in [4.69, 9.17) is 21.3 Å². The number of para-hydroxylation sites is 1. The number of hydrogen-bond donors (Lipinski definition) is 0. The van der Waals surface area contributed by atoms with Crippen LogP contribution < -0.4 is 0 Å². The van der Waals surface area contributed by atoms with Gasteiger partial charge in [-0.05, 0) is 37.1 Å². The highest BCUT2D eigenvalue weighted by Gasteiger charge is 2.16. The molecule has 3 rings (SSSR count). The molecule has 3 nitrogen and oxygen atoms in total. The molecule has 0 fully saturated rings. The maximum absolute atomic E-state index is 12.6. The van der Waals surface area contributed by atoms with Crippen LogP contribution in [0.3, 0.4) is 0 Å². The summed E-state index contributed by atoms with van der Waals surface area (Å²) >= 11 is 5.98. The van der Waals surface area contributed by atoms with Gasteiger partial charge in [0, 0.05) is 16.0 Å². The maximum atomic E-state index is 12.6. The molecule has 0 radical (unpaired) electrons. The summed E-state index contributed by atoms with van der Waals surface area (Å²) in [6, 6.07) is 15.1. The number of hydrogen-bond acceptors (Lipinski definition) is 3. The topological polar surface area (TPSA) is 39.2 Å². The van der Waals surface area contributed by atoms with Gasteiger partial charge in [0.1, 0.15) is 0 Å². The van der Waals surface area contributed by atoms with Gasteiger partial charge in [-0.25, -0.2) is 9.78 Å². The number of unbranched alkanes of at least 4 members (excludes halogenated alkanes) is 1. The molecule has 0 N–H and O–H groups in total. The minimum Gasteiger partial charge on any atom is -0.462 e. The highest BCUT2D eigenvalue weighted by molar-refractivity contribution is 6.30. The summed E-state index contributed by atoms with van der Waals surface area (Å²) in [6.07, 6.45) is 1.84. The molecule has 0 saturated carbocycles. The number of fused-ring (bicyclic) bond motifs is 1. The van der Waals surface area contributed by atoms with Gasteiger partial charge in [-0.3, -0.25) is 0 Å². The normalized spacial score (nSPS) is 10.8. The number of aromatic nitrogens is 1. The third kappa shape index (κ3) is 3.83. The first kappa shape index (κ1) is 17.4. The van der Waals surface area contributed by atoms with Gasteiger partial charge in [-0.1, -0.05) is 55.3 Å². The third-order valence-corrected chi connectivity index (χ3v) is 4.38. The Morgan fingerprint density at radius 2 is 1.92 bits per heavy atom. The van der Waals surface area contributed by atoms with Gasteiger partial charge in [0.15, 0.2) is 0 Å². The number of rotatable bonds is 5. The van der Waals surface area contributed by atoms with E-state index in [0.717, 1.165) is 40.6 Å². The average Bonchev–Trinajstić information content (AvgIpc) is 2.62. The molecular formula is C21H20ClNO2. The molecule has 1 heterocycles. The molecular weight excluding hydrogens is 334 g/mol. The number of carbonyl (C=O) groups is 1. The van der Waals surface area contributed by atoms with E-state index in [1.54, 1.807) is 6.07 Å². The quantitative estimate of drug-likeness (QED) is 0.428. The van der Waals surface area contributed by atoms with Crippen molar-refractivity contribution >= 4 is 28.5 Å². The van der Waals surface area contributed by atoms with Gasteiger partial charge in [0.25, 0.3) is 0 Å². The Labute approximate surface area is 152 Å². The van der Waals surface area contributed by atoms with Crippen molar-refractivity contribution in [3.63, 3.8) is 0 Å². The number of ether oxygens (including phenoxy) is 1. The number of halogens is 1. The van der Waals surface area contributed by atoms with Crippen molar-refractivity contribution in [2.24, 2.45) is 0 Å². The zero-order valence-electron chi connectivity index (χ0n) is 14.4. The molecule has 128 valence electrons. The van der Waals surface area contributed by atoms with Crippen LogP contribution in [0.1, 0.15) is 35.7 Å². The Morgan fingerprint density at radius 3 is 2.64 bits per heavy atom. The van der Waals surface area contributed by atoms with Crippen LogP contribution in [0, 0.1) is 6.92 Å². The largest absolute Gasteiger partial charge is 0.462 e. The predicted molar refractivity (Wildman–Crippen MR) is 102 cm³/mol.